The minimum atomic E-state index is -2.41. The number of likely N-dealkylation sites (N-methyl/N-ethyl adjacent to an activating group) is 1. The Kier molecular flexibility index (Phi) is 41.2. The van der Waals surface area contributed by atoms with Gasteiger partial charge in [-0.05, 0) is 82.9 Å². The quantitative estimate of drug-likeness (QED) is 0.0176. The number of phenols is 2. The molecule has 2 aromatic rings. The van der Waals surface area contributed by atoms with Crippen molar-refractivity contribution in [3.05, 3.63) is 71.4 Å². The summed E-state index contributed by atoms with van der Waals surface area (Å²) in [6, 6.07) is -6.20. The van der Waals surface area contributed by atoms with E-state index in [1.807, 2.05) is 0 Å². The van der Waals surface area contributed by atoms with Gasteiger partial charge in [-0.3, -0.25) is 52.7 Å². The van der Waals surface area contributed by atoms with Crippen LogP contribution in [0.15, 0.2) is 60.3 Å². The fourth-order valence-corrected chi connectivity index (χ4v) is 14.0. The van der Waals surface area contributed by atoms with Gasteiger partial charge in [-0.2, -0.15) is 0 Å². The number of amides is 11. The van der Waals surface area contributed by atoms with E-state index in [9.17, 15) is 110 Å². The molecule has 44 nitrogen and oxygen atoms in total. The summed E-state index contributed by atoms with van der Waals surface area (Å²) in [5, 5.41) is 174. The Bertz CT molecular complexity index is 3850. The Morgan fingerprint density at radius 3 is 1.76 bits per heavy atom. The maximum Gasteiger partial charge on any atom is 0.329 e. The lowest BCUT2D eigenvalue weighted by Gasteiger charge is -2.46. The Labute approximate surface area is 708 Å². The molecule has 27 atom stereocenters. The van der Waals surface area contributed by atoms with Crippen molar-refractivity contribution >= 4 is 70.9 Å². The summed E-state index contributed by atoms with van der Waals surface area (Å²) in [6.07, 6.45) is -30.6. The number of hydrogen-bond acceptors (Lipinski definition) is 33. The summed E-state index contributed by atoms with van der Waals surface area (Å²) in [5.74, 6) is -15.9. The number of unbranched alkanes of at least 4 members (excludes halogenated alkanes) is 8. The number of primary amides is 1. The van der Waals surface area contributed by atoms with Crippen LogP contribution in [0.2, 0.25) is 0 Å². The number of aromatic hydroxyl groups is 2. The Hall–Kier alpha value is -9.30. The number of nitrogens with one attached hydrogen (secondary N) is 9. The van der Waals surface area contributed by atoms with E-state index in [-0.39, 0.29) is 35.5 Å². The number of esters is 1. The number of aliphatic hydroxyl groups is 12. The molecule has 4 saturated heterocycles. The Morgan fingerprint density at radius 2 is 1.20 bits per heavy atom. The summed E-state index contributed by atoms with van der Waals surface area (Å²) in [7, 11) is 0.992. The molecule has 2 aromatic carbocycles. The lowest BCUT2D eigenvalue weighted by molar-refractivity contribution is -0.339. The van der Waals surface area contributed by atoms with Gasteiger partial charge in [-0.1, -0.05) is 95.1 Å². The number of nitrogens with two attached hydrogens (primary N) is 1. The number of hydrogen-bond donors (Lipinski definition) is 24. The molecule has 4 heterocycles. The van der Waals surface area contributed by atoms with Gasteiger partial charge in [0.1, 0.15) is 133 Å². The van der Waals surface area contributed by atoms with E-state index in [4.69, 9.17) is 38.9 Å². The number of rotatable bonds is 34. The third-order valence-corrected chi connectivity index (χ3v) is 21.2. The van der Waals surface area contributed by atoms with E-state index in [1.54, 1.807) is 0 Å². The second-order valence-electron chi connectivity index (χ2n) is 30.9. The highest BCUT2D eigenvalue weighted by Crippen LogP contribution is 2.31. The van der Waals surface area contributed by atoms with Gasteiger partial charge in [-0.25, -0.2) is 4.79 Å². The zero-order chi connectivity index (χ0) is 91.4. The number of aliphatic hydroxyl groups excluding tert-OH is 12. The average Bonchev–Trinajstić information content (AvgIpc) is 0.811. The first-order valence-electron chi connectivity index (χ1n) is 40.7. The molecule has 4 aliphatic heterocycles. The molecule has 0 aromatic heterocycles. The van der Waals surface area contributed by atoms with Crippen molar-refractivity contribution < 1.29 is 162 Å². The topological polar surface area (TPSA) is 690 Å². The highest BCUT2D eigenvalue weighted by molar-refractivity contribution is 6.02. The van der Waals surface area contributed by atoms with Crippen molar-refractivity contribution in [2.24, 2.45) is 5.73 Å². The van der Waals surface area contributed by atoms with E-state index in [2.05, 4.69) is 54.8 Å². The van der Waals surface area contributed by atoms with Crippen LogP contribution in [0, 0.1) is 0 Å². The molecule has 4 fully saturated rings. The number of carbonyl (C=O) groups excluding carboxylic acids is 12. The summed E-state index contributed by atoms with van der Waals surface area (Å²) < 4.78 is 40.9. The van der Waals surface area contributed by atoms with Crippen LogP contribution in [0.3, 0.4) is 0 Å². The van der Waals surface area contributed by atoms with Crippen molar-refractivity contribution in [3.8, 4) is 11.5 Å². The molecular formula is C79H121N11O33. The van der Waals surface area contributed by atoms with E-state index in [0.717, 1.165) is 86.3 Å². The van der Waals surface area contributed by atoms with Crippen molar-refractivity contribution in [2.75, 3.05) is 33.4 Å². The summed E-state index contributed by atoms with van der Waals surface area (Å²) in [6.45, 7) is 4.86. The summed E-state index contributed by atoms with van der Waals surface area (Å²) in [4.78, 5) is 173. The third-order valence-electron chi connectivity index (χ3n) is 21.2. The number of benzene rings is 2. The van der Waals surface area contributed by atoms with Crippen molar-refractivity contribution in [1.82, 2.24) is 52.8 Å². The number of phenolic OH excluding ortho intramolecular Hbond substituents is 2. The number of carbonyl (C=O) groups is 12. The molecule has 690 valence electrons. The van der Waals surface area contributed by atoms with Gasteiger partial charge in [0.15, 0.2) is 25.0 Å². The maximum atomic E-state index is 15.4. The normalized spacial score (nSPS) is 30.8. The third kappa shape index (κ3) is 30.0. The van der Waals surface area contributed by atoms with Crippen LogP contribution in [0.5, 0.6) is 11.5 Å². The van der Waals surface area contributed by atoms with Gasteiger partial charge in [-0.15, -0.1) is 0 Å². The fraction of sp³-hybridized carbons (Fsp3) is 0.671. The fourth-order valence-electron chi connectivity index (χ4n) is 14.0. The summed E-state index contributed by atoms with van der Waals surface area (Å²) >= 11 is 0. The van der Waals surface area contributed by atoms with E-state index < -0.39 is 294 Å². The van der Waals surface area contributed by atoms with Gasteiger partial charge in [0, 0.05) is 33.2 Å². The predicted octanol–water partition coefficient (Wildman–Crippen LogP) is -7.99. The first-order valence-corrected chi connectivity index (χ1v) is 40.7. The number of nitrogens with zero attached hydrogens (tertiary/aromatic N) is 1. The van der Waals surface area contributed by atoms with Gasteiger partial charge in [0.25, 0.3) is 11.8 Å². The lowest BCUT2D eigenvalue weighted by Crippen LogP contribution is -2.67. The molecule has 0 saturated carbocycles. The van der Waals surface area contributed by atoms with Crippen LogP contribution in [0.4, 0.5) is 0 Å². The number of ether oxygens (including phenoxy) is 7. The van der Waals surface area contributed by atoms with E-state index in [0.29, 0.717) is 17.7 Å². The molecule has 123 heavy (non-hydrogen) atoms. The number of cyclic esters (lactones) is 1. The average molecular weight is 1750 g/mol. The SMILES string of the molecule is CC=C1NC(=O)C(Cc2ccc(O)cc2)NC(=O)C(C(C)O)NC(=O)C(NC(=O)C(NC(=O)C(O)C(CCCCCCCCCCC)OC2OCC(O)C(OC3OC(CO)C(O)C(O)C3NC(C)=O)C2O)C(C)O)C(C)OC(=O)C(Cc2ccc(O)cc2)NC(=O)C(C(C)OC2OC(CO)C(O)C(O)C2O)N(C)C(=O)CNC(=O)C(CCC(N)=O)NC1=O. The molecule has 4 aliphatic rings. The largest absolute Gasteiger partial charge is 0.508 e. The molecular weight excluding hydrogens is 1630 g/mol. The van der Waals surface area contributed by atoms with E-state index >= 15 is 19.2 Å². The van der Waals surface area contributed by atoms with Crippen LogP contribution >= 0.6 is 0 Å². The maximum absolute atomic E-state index is 15.4. The lowest BCUT2D eigenvalue weighted by atomic mass is 9.96. The van der Waals surface area contributed by atoms with Crippen LogP contribution in [-0.4, -0.2) is 346 Å². The second kappa shape index (κ2) is 49.4. The van der Waals surface area contributed by atoms with Gasteiger partial charge < -0.3 is 163 Å². The monoisotopic (exact) mass is 1750 g/mol. The second-order valence-corrected chi connectivity index (χ2v) is 30.9. The van der Waals surface area contributed by atoms with Gasteiger partial charge in [0.2, 0.25) is 53.2 Å². The molecule has 0 spiro atoms. The molecule has 0 radical (unpaired) electrons. The van der Waals surface area contributed by atoms with Gasteiger partial charge >= 0.3 is 5.97 Å². The molecule has 6 rings (SSSR count). The minimum Gasteiger partial charge on any atom is -0.508 e. The first kappa shape index (κ1) is 102. The first-order chi connectivity index (χ1) is 58.1. The minimum absolute atomic E-state index is 0.133. The molecule has 25 N–H and O–H groups in total. The zero-order valence-corrected chi connectivity index (χ0v) is 69.6. The van der Waals surface area contributed by atoms with Crippen LogP contribution in [-0.2, 0) is 104 Å². The van der Waals surface area contributed by atoms with Crippen LogP contribution in [0.25, 0.3) is 0 Å². The highest BCUT2D eigenvalue weighted by Gasteiger charge is 2.52. The van der Waals surface area contributed by atoms with Crippen molar-refractivity contribution in [2.45, 2.75) is 303 Å². The number of allylic oxidation sites excluding steroid dienone is 1. The Balaban J connectivity index is 1.44. The standard InChI is InChI=1S/C79H121N11O33/c1-9-11-12-13-14-15-16-17-18-19-50(120-78-66(107)67(49(98)35-117-78)123-77-58(82-40(7)95)63(104)60(101)51(33-91)121-77)62(103)75(115)88-56(37(4)94)72(112)89-57-38(5)118-76(116)48(31-42-22-26-44(97)27-23-42)86-74(114)59(39(6)119-79-65(106)64(105)61(102)52(34-92)122-79)90(8)54(100)32-81-68(108)46(28-29-53(80)99)84-69(109)45(10-2)83-70(110)47(30-41-20-24-43(96)25-21-41)85-71(111)55(36(3)93)87-73(57)113/h10,20-27,36-39,46-52,55-67,77-79,91-94,96-98,101-107H,9,11-19,28-35H2,1-8H3,(H2,80,99)(H,81,108)(H,82,95)(H,83,110)(H,84,109)(H,85,111)(H,86,114)(H,87,113)(H,88,115)(H,89,112). The van der Waals surface area contributed by atoms with Gasteiger partial charge in [0.05, 0.1) is 50.8 Å². The molecule has 44 heteroatoms. The summed E-state index contributed by atoms with van der Waals surface area (Å²) in [5.41, 5.74) is 5.19. The Morgan fingerprint density at radius 1 is 0.642 bits per heavy atom. The van der Waals surface area contributed by atoms with Crippen LogP contribution < -0.4 is 53.6 Å². The van der Waals surface area contributed by atoms with Crippen molar-refractivity contribution in [3.63, 3.8) is 0 Å². The van der Waals surface area contributed by atoms with Crippen LogP contribution in [0.1, 0.15) is 137 Å². The molecule has 27 unspecified atom stereocenters. The van der Waals surface area contributed by atoms with Crippen molar-refractivity contribution in [1.29, 1.82) is 0 Å². The molecule has 11 amide bonds. The smallest absolute Gasteiger partial charge is 0.329 e. The highest BCUT2D eigenvalue weighted by atomic mass is 16.7. The predicted molar refractivity (Wildman–Crippen MR) is 423 cm³/mol. The zero-order valence-electron chi connectivity index (χ0n) is 69.6. The molecule has 0 aliphatic carbocycles. The molecule has 0 bridgehead atoms. The van der Waals surface area contributed by atoms with E-state index in [1.165, 1.54) is 55.5 Å².